The van der Waals surface area contributed by atoms with Gasteiger partial charge in [-0.2, -0.15) is 5.10 Å². The predicted octanol–water partition coefficient (Wildman–Crippen LogP) is 3.73. The minimum Gasteiger partial charge on any atom is -0.339 e. The number of carbonyl (C=O) groups is 2. The van der Waals surface area contributed by atoms with E-state index in [0.29, 0.717) is 38.6 Å². The minimum absolute atomic E-state index is 0.0944. The number of hydrogen-bond donors (Lipinski definition) is 1. The van der Waals surface area contributed by atoms with Crippen molar-refractivity contribution in [1.82, 2.24) is 19.7 Å². The van der Waals surface area contributed by atoms with E-state index in [1.165, 1.54) is 0 Å². The Balaban J connectivity index is 1.73. The van der Waals surface area contributed by atoms with Crippen molar-refractivity contribution in [3.8, 4) is 0 Å². The summed E-state index contributed by atoms with van der Waals surface area (Å²) in [7, 11) is 1.80. The highest BCUT2D eigenvalue weighted by atomic mass is 35.5. The molecule has 1 N–H and O–H groups in total. The average Bonchev–Trinajstić information content (AvgIpc) is 3.30. The van der Waals surface area contributed by atoms with Crippen LogP contribution in [0.15, 0.2) is 24.3 Å². The molecule has 0 aliphatic carbocycles. The highest BCUT2D eigenvalue weighted by Gasteiger charge is 2.24. The molecule has 150 valence electrons. The number of hydrogen-bond acceptors (Lipinski definition) is 4. The Morgan fingerprint density at radius 2 is 1.83 bits per heavy atom. The van der Waals surface area contributed by atoms with Crippen molar-refractivity contribution in [2.24, 2.45) is 7.05 Å². The largest absolute Gasteiger partial charge is 0.339 e. The number of amides is 2. The number of rotatable bonds is 3. The van der Waals surface area contributed by atoms with E-state index in [4.69, 9.17) is 11.6 Å². The average molecular weight is 412 g/mol. The van der Waals surface area contributed by atoms with Crippen LogP contribution < -0.4 is 5.32 Å². The van der Waals surface area contributed by atoms with Crippen molar-refractivity contribution in [1.29, 1.82) is 0 Å². The van der Waals surface area contributed by atoms with Gasteiger partial charge >= 0.3 is 0 Å². The van der Waals surface area contributed by atoms with Gasteiger partial charge in [0.1, 0.15) is 0 Å². The van der Waals surface area contributed by atoms with E-state index in [2.05, 4.69) is 15.4 Å². The van der Waals surface area contributed by atoms with Crippen LogP contribution in [0.5, 0.6) is 0 Å². The first-order valence-corrected chi connectivity index (χ1v) is 9.94. The number of fused-ring (bicyclic) bond motifs is 1. The molecule has 4 rings (SSSR count). The molecule has 29 heavy (non-hydrogen) atoms. The highest BCUT2D eigenvalue weighted by molar-refractivity contribution is 6.31. The molecule has 2 aromatic heterocycles. The van der Waals surface area contributed by atoms with Crippen molar-refractivity contribution < 1.29 is 9.59 Å². The van der Waals surface area contributed by atoms with E-state index in [9.17, 15) is 9.59 Å². The molecule has 0 unspecified atom stereocenters. The summed E-state index contributed by atoms with van der Waals surface area (Å²) in [5, 5.41) is 8.43. The molecule has 8 heteroatoms. The second kappa shape index (κ2) is 7.48. The summed E-state index contributed by atoms with van der Waals surface area (Å²) in [4.78, 5) is 32.4. The number of halogens is 1. The van der Waals surface area contributed by atoms with Crippen molar-refractivity contribution in [2.45, 2.75) is 26.7 Å². The lowest BCUT2D eigenvalue weighted by atomic mass is 10.1. The van der Waals surface area contributed by atoms with Gasteiger partial charge in [0, 0.05) is 30.9 Å². The highest BCUT2D eigenvalue weighted by Crippen LogP contribution is 2.27. The van der Waals surface area contributed by atoms with E-state index in [0.717, 1.165) is 31.6 Å². The summed E-state index contributed by atoms with van der Waals surface area (Å²) in [6.07, 6.45) is 1.99. The Bertz CT molecular complexity index is 1130. The van der Waals surface area contributed by atoms with Crippen LogP contribution in [0.4, 0.5) is 5.69 Å². The third-order valence-corrected chi connectivity index (χ3v) is 5.43. The van der Waals surface area contributed by atoms with Gasteiger partial charge < -0.3 is 10.2 Å². The molecule has 2 amide bonds. The number of benzene rings is 1. The molecule has 1 aliphatic heterocycles. The Morgan fingerprint density at radius 3 is 2.55 bits per heavy atom. The molecule has 0 bridgehead atoms. The summed E-state index contributed by atoms with van der Waals surface area (Å²) in [6, 6.07) is 6.69. The van der Waals surface area contributed by atoms with Gasteiger partial charge in [0.15, 0.2) is 5.65 Å². The molecule has 1 saturated heterocycles. The number of nitrogens with zero attached hydrogens (tertiary/aromatic N) is 4. The number of likely N-dealkylation sites (tertiary alicyclic amines) is 1. The van der Waals surface area contributed by atoms with Gasteiger partial charge in [-0.3, -0.25) is 14.3 Å². The molecule has 0 radical (unpaired) electrons. The molecule has 0 spiro atoms. The Morgan fingerprint density at radius 1 is 1.10 bits per heavy atom. The summed E-state index contributed by atoms with van der Waals surface area (Å²) in [5.74, 6) is -0.419. The van der Waals surface area contributed by atoms with Gasteiger partial charge in [-0.15, -0.1) is 0 Å². The van der Waals surface area contributed by atoms with Gasteiger partial charge in [-0.25, -0.2) is 4.98 Å². The Kier molecular flexibility index (Phi) is 5.00. The summed E-state index contributed by atoms with van der Waals surface area (Å²) in [5.41, 5.74) is 3.40. The van der Waals surface area contributed by atoms with Crippen molar-refractivity contribution in [3.63, 3.8) is 0 Å². The summed E-state index contributed by atoms with van der Waals surface area (Å²) >= 11 is 6.16. The molecule has 0 saturated carbocycles. The van der Waals surface area contributed by atoms with E-state index in [-0.39, 0.29) is 11.8 Å². The predicted molar refractivity (Wildman–Crippen MR) is 113 cm³/mol. The zero-order valence-electron chi connectivity index (χ0n) is 16.6. The maximum absolute atomic E-state index is 13.2. The second-order valence-corrected chi connectivity index (χ2v) is 7.80. The van der Waals surface area contributed by atoms with E-state index in [1.807, 2.05) is 13.8 Å². The fraction of sp³-hybridized carbons (Fsp3) is 0.333. The van der Waals surface area contributed by atoms with Gasteiger partial charge in [0.05, 0.1) is 27.9 Å². The lowest BCUT2D eigenvalue weighted by molar-refractivity contribution is 0.0794. The Labute approximate surface area is 173 Å². The van der Waals surface area contributed by atoms with Gasteiger partial charge in [0.2, 0.25) is 0 Å². The molecule has 0 atom stereocenters. The molecular formula is C21H22ClN5O2. The maximum Gasteiger partial charge on any atom is 0.256 e. The van der Waals surface area contributed by atoms with Crippen LogP contribution in [0.1, 0.15) is 44.9 Å². The topological polar surface area (TPSA) is 80.1 Å². The summed E-state index contributed by atoms with van der Waals surface area (Å²) < 4.78 is 1.66. The molecule has 3 aromatic rings. The van der Waals surface area contributed by atoms with Gasteiger partial charge in [-0.05, 0) is 51.0 Å². The molecule has 1 aromatic carbocycles. The standard InChI is InChI=1S/C21H22ClN5O2/c1-12-10-16(18-13(2)25-26(3)19(18)23-12)20(28)24-17-11-14(22)6-7-15(17)21(29)27-8-4-5-9-27/h6-7,10-11H,4-5,8-9H2,1-3H3,(H,24,28). The maximum atomic E-state index is 13.2. The number of aryl methyl sites for hydroxylation is 3. The first kappa shape index (κ1) is 19.4. The number of carbonyl (C=O) groups excluding carboxylic acids is 2. The lowest BCUT2D eigenvalue weighted by Crippen LogP contribution is -2.29. The Hall–Kier alpha value is -2.93. The first-order chi connectivity index (χ1) is 13.8. The SMILES string of the molecule is Cc1cc(C(=O)Nc2cc(Cl)ccc2C(=O)N2CCCC2)c2c(C)nn(C)c2n1. The number of anilines is 1. The van der Waals surface area contributed by atoms with Crippen LogP contribution >= 0.6 is 11.6 Å². The normalized spacial score (nSPS) is 13.9. The smallest absolute Gasteiger partial charge is 0.256 e. The van der Waals surface area contributed by atoms with Crippen molar-refractivity contribution >= 4 is 40.1 Å². The monoisotopic (exact) mass is 411 g/mol. The second-order valence-electron chi connectivity index (χ2n) is 7.36. The van der Waals surface area contributed by atoms with E-state index < -0.39 is 0 Å². The zero-order chi connectivity index (χ0) is 20.7. The van der Waals surface area contributed by atoms with Gasteiger partial charge in [-0.1, -0.05) is 11.6 Å². The number of aromatic nitrogens is 3. The zero-order valence-corrected chi connectivity index (χ0v) is 17.4. The van der Waals surface area contributed by atoms with E-state index in [1.54, 1.807) is 40.9 Å². The molecular weight excluding hydrogens is 390 g/mol. The first-order valence-electron chi connectivity index (χ1n) is 9.56. The number of nitrogens with one attached hydrogen (secondary N) is 1. The quantitative estimate of drug-likeness (QED) is 0.712. The van der Waals surface area contributed by atoms with Crippen LogP contribution in [0.25, 0.3) is 11.0 Å². The van der Waals surface area contributed by atoms with Crippen LogP contribution in [-0.2, 0) is 7.05 Å². The molecule has 1 fully saturated rings. The fourth-order valence-corrected chi connectivity index (χ4v) is 4.01. The summed E-state index contributed by atoms with van der Waals surface area (Å²) in [6.45, 7) is 5.14. The third-order valence-electron chi connectivity index (χ3n) is 5.19. The van der Waals surface area contributed by atoms with E-state index >= 15 is 0 Å². The fourth-order valence-electron chi connectivity index (χ4n) is 3.84. The molecule has 7 nitrogen and oxygen atoms in total. The van der Waals surface area contributed by atoms with Crippen LogP contribution in [0.3, 0.4) is 0 Å². The lowest BCUT2D eigenvalue weighted by Gasteiger charge is -2.18. The van der Waals surface area contributed by atoms with Crippen LogP contribution in [0, 0.1) is 13.8 Å². The van der Waals surface area contributed by atoms with Crippen LogP contribution in [-0.4, -0.2) is 44.6 Å². The number of pyridine rings is 1. The minimum atomic E-state index is -0.325. The third kappa shape index (κ3) is 3.58. The molecule has 3 heterocycles. The van der Waals surface area contributed by atoms with Crippen molar-refractivity contribution in [2.75, 3.05) is 18.4 Å². The van der Waals surface area contributed by atoms with Gasteiger partial charge in [0.25, 0.3) is 11.8 Å². The molecule has 1 aliphatic rings. The van der Waals surface area contributed by atoms with Crippen LogP contribution in [0.2, 0.25) is 5.02 Å². The van der Waals surface area contributed by atoms with Crippen molar-refractivity contribution in [3.05, 3.63) is 51.8 Å².